The highest BCUT2D eigenvalue weighted by Gasteiger charge is 2.23. The highest BCUT2D eigenvalue weighted by molar-refractivity contribution is 14.1. The minimum absolute atomic E-state index is 0.0632. The SMILES string of the molecule is C=C1C=C(CO)c2cc(I)c(OCCCO)c(I)c2O1. The number of ether oxygens (including phenoxy) is 2. The van der Waals surface area contributed by atoms with Crippen LogP contribution in [0.3, 0.4) is 0 Å². The van der Waals surface area contributed by atoms with Crippen LogP contribution in [0.1, 0.15) is 12.0 Å². The predicted molar refractivity (Wildman–Crippen MR) is 93.9 cm³/mol. The summed E-state index contributed by atoms with van der Waals surface area (Å²) in [5, 5.41) is 18.3. The number of hydrogen-bond acceptors (Lipinski definition) is 4. The average Bonchev–Trinajstić information content (AvgIpc) is 2.43. The summed E-state index contributed by atoms with van der Waals surface area (Å²) in [6.45, 7) is 4.28. The van der Waals surface area contributed by atoms with Crippen LogP contribution in [-0.2, 0) is 0 Å². The Morgan fingerprint density at radius 2 is 2.05 bits per heavy atom. The van der Waals surface area contributed by atoms with Gasteiger partial charge in [-0.15, -0.1) is 0 Å². The maximum Gasteiger partial charge on any atom is 0.152 e. The molecule has 1 aromatic carbocycles. The Labute approximate surface area is 144 Å². The van der Waals surface area contributed by atoms with E-state index in [1.807, 2.05) is 6.07 Å². The first-order valence-corrected chi connectivity index (χ1v) is 8.18. The lowest BCUT2D eigenvalue weighted by molar-refractivity contribution is 0.231. The molecule has 0 radical (unpaired) electrons. The zero-order chi connectivity index (χ0) is 14.7. The highest BCUT2D eigenvalue weighted by atomic mass is 127. The molecule has 20 heavy (non-hydrogen) atoms. The van der Waals surface area contributed by atoms with Crippen molar-refractivity contribution < 1.29 is 19.7 Å². The monoisotopic (exact) mass is 500 g/mol. The van der Waals surface area contributed by atoms with Crippen molar-refractivity contribution in [3.05, 3.63) is 37.2 Å². The van der Waals surface area contributed by atoms with Gasteiger partial charge in [-0.25, -0.2) is 0 Å². The van der Waals surface area contributed by atoms with Crippen LogP contribution in [-0.4, -0.2) is 30.0 Å². The second-order valence-corrected chi connectivity index (χ2v) is 6.44. The molecule has 2 rings (SSSR count). The van der Waals surface area contributed by atoms with Crippen LogP contribution in [0.25, 0.3) is 5.57 Å². The number of benzene rings is 1. The van der Waals surface area contributed by atoms with E-state index in [9.17, 15) is 5.11 Å². The first kappa shape index (κ1) is 16.1. The van der Waals surface area contributed by atoms with E-state index >= 15 is 0 Å². The van der Waals surface area contributed by atoms with E-state index in [1.54, 1.807) is 6.08 Å². The fourth-order valence-corrected chi connectivity index (χ4v) is 3.96. The van der Waals surface area contributed by atoms with Gasteiger partial charge in [0, 0.05) is 18.6 Å². The third kappa shape index (κ3) is 3.29. The van der Waals surface area contributed by atoms with Crippen LogP contribution < -0.4 is 9.47 Å². The lowest BCUT2D eigenvalue weighted by Crippen LogP contribution is -2.10. The molecule has 0 spiro atoms. The lowest BCUT2D eigenvalue weighted by Gasteiger charge is -2.22. The highest BCUT2D eigenvalue weighted by Crippen LogP contribution is 2.43. The van der Waals surface area contributed by atoms with Crippen molar-refractivity contribution in [1.82, 2.24) is 0 Å². The predicted octanol–water partition coefficient (Wildman–Crippen LogP) is 2.94. The standard InChI is InChI=1S/C14H14I2O4/c1-8-5-9(7-18)10-6-11(15)14(19-4-2-3-17)12(16)13(10)20-8/h5-6,17-18H,1-4,7H2. The summed E-state index contributed by atoms with van der Waals surface area (Å²) in [7, 11) is 0. The Hall–Kier alpha value is -0.320. The summed E-state index contributed by atoms with van der Waals surface area (Å²) < 4.78 is 13.2. The molecule has 1 heterocycles. The van der Waals surface area contributed by atoms with Crippen LogP contribution in [0.5, 0.6) is 11.5 Å². The molecule has 0 unspecified atom stereocenters. The van der Waals surface area contributed by atoms with Crippen LogP contribution in [0, 0.1) is 7.14 Å². The molecule has 6 heteroatoms. The van der Waals surface area contributed by atoms with Gasteiger partial charge in [-0.3, -0.25) is 0 Å². The van der Waals surface area contributed by atoms with Crippen LogP contribution in [0.4, 0.5) is 0 Å². The summed E-state index contributed by atoms with van der Waals surface area (Å²) in [4.78, 5) is 0. The summed E-state index contributed by atoms with van der Waals surface area (Å²) in [6.07, 6.45) is 2.32. The van der Waals surface area contributed by atoms with Gasteiger partial charge in [-0.2, -0.15) is 0 Å². The van der Waals surface area contributed by atoms with Crippen molar-refractivity contribution in [2.45, 2.75) is 6.42 Å². The Balaban J connectivity index is 2.43. The molecule has 4 nitrogen and oxygen atoms in total. The number of aliphatic hydroxyl groups is 2. The molecule has 108 valence electrons. The minimum atomic E-state index is -0.0632. The van der Waals surface area contributed by atoms with Gasteiger partial charge < -0.3 is 19.7 Å². The normalized spacial score (nSPS) is 13.6. The van der Waals surface area contributed by atoms with Crippen LogP contribution in [0.15, 0.2) is 24.5 Å². The zero-order valence-electron chi connectivity index (χ0n) is 10.7. The molecular formula is C14H14I2O4. The molecule has 1 aliphatic heterocycles. The topological polar surface area (TPSA) is 58.9 Å². The molecule has 0 amide bonds. The largest absolute Gasteiger partial charge is 0.491 e. The Morgan fingerprint density at radius 3 is 2.70 bits per heavy atom. The first-order valence-electron chi connectivity index (χ1n) is 6.02. The number of hydrogen-bond donors (Lipinski definition) is 2. The van der Waals surface area contributed by atoms with Crippen molar-refractivity contribution in [1.29, 1.82) is 0 Å². The van der Waals surface area contributed by atoms with Gasteiger partial charge in [0.25, 0.3) is 0 Å². The molecule has 1 aromatic rings. The quantitative estimate of drug-likeness (QED) is 0.483. The number of fused-ring (bicyclic) bond motifs is 1. The molecule has 0 saturated heterocycles. The summed E-state index contributed by atoms with van der Waals surface area (Å²) >= 11 is 4.37. The average molecular weight is 500 g/mol. The Kier molecular flexibility index (Phi) is 5.70. The van der Waals surface area contributed by atoms with Gasteiger partial charge in [0.1, 0.15) is 11.5 Å². The second-order valence-electron chi connectivity index (χ2n) is 4.20. The Bertz CT molecular complexity index is 567. The van der Waals surface area contributed by atoms with Gasteiger partial charge in [0.05, 0.1) is 20.4 Å². The fraction of sp³-hybridized carbons (Fsp3) is 0.286. The third-order valence-corrected chi connectivity index (χ3v) is 4.55. The number of aliphatic hydroxyl groups excluding tert-OH is 2. The van der Waals surface area contributed by atoms with Crippen molar-refractivity contribution in [3.63, 3.8) is 0 Å². The van der Waals surface area contributed by atoms with Crippen molar-refractivity contribution >= 4 is 50.8 Å². The molecule has 0 aliphatic carbocycles. The molecule has 0 saturated carbocycles. The lowest BCUT2D eigenvalue weighted by atomic mass is 10.0. The fourth-order valence-electron chi connectivity index (χ4n) is 1.86. The summed E-state index contributed by atoms with van der Waals surface area (Å²) in [5.74, 6) is 1.91. The third-order valence-electron chi connectivity index (χ3n) is 2.76. The molecule has 0 atom stereocenters. The number of allylic oxidation sites excluding steroid dienone is 1. The second kappa shape index (κ2) is 7.10. The van der Waals surface area contributed by atoms with Crippen molar-refractivity contribution in [2.75, 3.05) is 19.8 Å². The van der Waals surface area contributed by atoms with E-state index < -0.39 is 0 Å². The maximum absolute atomic E-state index is 9.45. The van der Waals surface area contributed by atoms with Crippen LogP contribution in [0.2, 0.25) is 0 Å². The van der Waals surface area contributed by atoms with Crippen LogP contribution >= 0.6 is 45.2 Å². The number of rotatable bonds is 5. The van der Waals surface area contributed by atoms with E-state index in [0.29, 0.717) is 24.5 Å². The summed E-state index contributed by atoms with van der Waals surface area (Å²) in [5.41, 5.74) is 1.65. The van der Waals surface area contributed by atoms with Gasteiger partial charge in [-0.1, -0.05) is 6.58 Å². The minimum Gasteiger partial charge on any atom is -0.491 e. The summed E-state index contributed by atoms with van der Waals surface area (Å²) in [6, 6.07) is 1.93. The smallest absolute Gasteiger partial charge is 0.152 e. The van der Waals surface area contributed by atoms with Gasteiger partial charge in [0.15, 0.2) is 5.75 Å². The number of halogens is 2. The van der Waals surface area contributed by atoms with Gasteiger partial charge in [0.2, 0.25) is 0 Å². The molecule has 1 aliphatic rings. The van der Waals surface area contributed by atoms with E-state index in [2.05, 4.69) is 51.8 Å². The zero-order valence-corrected chi connectivity index (χ0v) is 15.0. The molecular weight excluding hydrogens is 486 g/mol. The maximum atomic E-state index is 9.45. The Morgan fingerprint density at radius 1 is 1.30 bits per heavy atom. The molecule has 2 N–H and O–H groups in total. The van der Waals surface area contributed by atoms with Gasteiger partial charge >= 0.3 is 0 Å². The van der Waals surface area contributed by atoms with E-state index in [0.717, 1.165) is 24.0 Å². The van der Waals surface area contributed by atoms with Crippen molar-refractivity contribution in [2.24, 2.45) is 0 Å². The first-order chi connectivity index (χ1) is 9.58. The van der Waals surface area contributed by atoms with Crippen molar-refractivity contribution in [3.8, 4) is 11.5 Å². The molecule has 0 aromatic heterocycles. The van der Waals surface area contributed by atoms with Gasteiger partial charge in [-0.05, 0) is 62.9 Å². The molecule has 0 bridgehead atoms. The van der Waals surface area contributed by atoms with E-state index in [4.69, 9.17) is 14.6 Å². The van der Waals surface area contributed by atoms with E-state index in [-0.39, 0.29) is 13.2 Å². The molecule has 0 fully saturated rings. The van der Waals surface area contributed by atoms with E-state index in [1.165, 1.54) is 0 Å².